The van der Waals surface area contributed by atoms with Gasteiger partial charge in [0.2, 0.25) is 5.91 Å². The summed E-state index contributed by atoms with van der Waals surface area (Å²) in [5.74, 6) is 0.672. The molecule has 7 nitrogen and oxygen atoms in total. The van der Waals surface area contributed by atoms with Gasteiger partial charge in [-0.05, 0) is 50.6 Å². The van der Waals surface area contributed by atoms with Gasteiger partial charge in [-0.1, -0.05) is 0 Å². The van der Waals surface area contributed by atoms with Crippen molar-refractivity contribution in [1.29, 1.82) is 0 Å². The SMILES string of the molecule is CCOc1ccc(-c2ccc(=O)n(CCCC(=O)Nc3nc(C)cs3)n2)cc1. The first-order valence-corrected chi connectivity index (χ1v) is 9.96. The maximum absolute atomic E-state index is 12.1. The monoisotopic (exact) mass is 398 g/mol. The second kappa shape index (κ2) is 9.27. The minimum absolute atomic E-state index is 0.120. The standard InChI is InChI=1S/C20H22N4O3S/c1-3-27-16-8-6-15(7-9-16)17-10-11-19(26)24(23-17)12-4-5-18(25)22-20-21-14(2)13-28-20/h6-11,13H,3-5,12H2,1-2H3,(H,21,22,25). The average Bonchev–Trinajstić information content (AvgIpc) is 3.09. The predicted octanol–water partition coefficient (Wildman–Crippen LogP) is 3.49. The number of hydrogen-bond acceptors (Lipinski definition) is 6. The molecule has 0 aliphatic heterocycles. The summed E-state index contributed by atoms with van der Waals surface area (Å²) < 4.78 is 6.84. The van der Waals surface area contributed by atoms with Crippen molar-refractivity contribution in [2.45, 2.75) is 33.2 Å². The van der Waals surface area contributed by atoms with Crippen LogP contribution in [0, 0.1) is 6.92 Å². The zero-order valence-electron chi connectivity index (χ0n) is 15.8. The molecule has 1 aromatic carbocycles. The third kappa shape index (κ3) is 5.26. The molecule has 0 radical (unpaired) electrons. The molecule has 0 aliphatic carbocycles. The molecular formula is C20H22N4O3S. The van der Waals surface area contributed by atoms with Crippen molar-refractivity contribution < 1.29 is 9.53 Å². The van der Waals surface area contributed by atoms with Gasteiger partial charge in [0.1, 0.15) is 5.75 Å². The van der Waals surface area contributed by atoms with E-state index in [1.807, 2.05) is 43.5 Å². The number of benzene rings is 1. The van der Waals surface area contributed by atoms with E-state index in [0.717, 1.165) is 17.0 Å². The fraction of sp³-hybridized carbons (Fsp3) is 0.300. The van der Waals surface area contributed by atoms with Crippen molar-refractivity contribution in [2.75, 3.05) is 11.9 Å². The number of carbonyl (C=O) groups excluding carboxylic acids is 1. The Morgan fingerprint density at radius 1 is 1.21 bits per heavy atom. The van der Waals surface area contributed by atoms with Crippen molar-refractivity contribution in [3.8, 4) is 17.0 Å². The molecule has 0 atom stereocenters. The zero-order valence-corrected chi connectivity index (χ0v) is 16.7. The Morgan fingerprint density at radius 2 is 2.00 bits per heavy atom. The van der Waals surface area contributed by atoms with Crippen LogP contribution in [0.15, 0.2) is 46.6 Å². The summed E-state index contributed by atoms with van der Waals surface area (Å²) >= 11 is 1.39. The molecule has 1 N–H and O–H groups in total. The summed E-state index contributed by atoms with van der Waals surface area (Å²) in [5.41, 5.74) is 2.28. The first-order chi connectivity index (χ1) is 13.5. The van der Waals surface area contributed by atoms with Crippen molar-refractivity contribution in [3.05, 3.63) is 57.8 Å². The number of ether oxygens (including phenoxy) is 1. The third-order valence-corrected chi connectivity index (χ3v) is 4.84. The van der Waals surface area contributed by atoms with E-state index >= 15 is 0 Å². The number of amides is 1. The molecule has 0 unspecified atom stereocenters. The number of thiazole rings is 1. The van der Waals surface area contributed by atoms with Crippen LogP contribution in [0.3, 0.4) is 0 Å². The van der Waals surface area contributed by atoms with Gasteiger partial charge in [0.05, 0.1) is 18.0 Å². The molecule has 0 aliphatic rings. The van der Waals surface area contributed by atoms with Gasteiger partial charge in [0.25, 0.3) is 5.56 Å². The second-order valence-corrected chi connectivity index (χ2v) is 7.04. The van der Waals surface area contributed by atoms with E-state index in [1.54, 1.807) is 6.07 Å². The maximum atomic E-state index is 12.1. The summed E-state index contributed by atoms with van der Waals surface area (Å²) in [5, 5.41) is 9.66. The van der Waals surface area contributed by atoms with E-state index in [0.29, 0.717) is 36.8 Å². The van der Waals surface area contributed by atoms with E-state index < -0.39 is 0 Å². The van der Waals surface area contributed by atoms with Crippen LogP contribution in [0.25, 0.3) is 11.3 Å². The normalized spacial score (nSPS) is 10.6. The average molecular weight is 398 g/mol. The molecule has 0 spiro atoms. The number of rotatable bonds is 8. The van der Waals surface area contributed by atoms with E-state index in [4.69, 9.17) is 4.74 Å². The Morgan fingerprint density at radius 3 is 2.68 bits per heavy atom. The first kappa shape index (κ1) is 19.8. The van der Waals surface area contributed by atoms with Gasteiger partial charge in [-0.3, -0.25) is 9.59 Å². The van der Waals surface area contributed by atoms with Crippen LogP contribution in [0.2, 0.25) is 0 Å². The molecule has 0 saturated heterocycles. The van der Waals surface area contributed by atoms with Crippen LogP contribution >= 0.6 is 11.3 Å². The Kier molecular flexibility index (Phi) is 6.54. The van der Waals surface area contributed by atoms with Gasteiger partial charge in [-0.2, -0.15) is 5.10 Å². The molecule has 28 heavy (non-hydrogen) atoms. The number of hydrogen-bond donors (Lipinski definition) is 1. The van der Waals surface area contributed by atoms with Gasteiger partial charge >= 0.3 is 0 Å². The highest BCUT2D eigenvalue weighted by Gasteiger charge is 2.08. The summed E-state index contributed by atoms with van der Waals surface area (Å²) in [6.45, 7) is 4.79. The van der Waals surface area contributed by atoms with Crippen LogP contribution in [0.4, 0.5) is 5.13 Å². The molecule has 3 aromatic rings. The molecule has 8 heteroatoms. The smallest absolute Gasteiger partial charge is 0.266 e. The van der Waals surface area contributed by atoms with Gasteiger partial charge in [-0.15, -0.1) is 11.3 Å². The maximum Gasteiger partial charge on any atom is 0.266 e. The Hall–Kier alpha value is -3.00. The van der Waals surface area contributed by atoms with Crippen molar-refractivity contribution >= 4 is 22.4 Å². The molecule has 1 amide bonds. The molecule has 0 saturated carbocycles. The summed E-state index contributed by atoms with van der Waals surface area (Å²) in [4.78, 5) is 28.3. The van der Waals surface area contributed by atoms with Crippen LogP contribution in [-0.4, -0.2) is 27.3 Å². The molecule has 2 aromatic heterocycles. The van der Waals surface area contributed by atoms with Crippen LogP contribution in [0.5, 0.6) is 5.75 Å². The van der Waals surface area contributed by atoms with E-state index in [1.165, 1.54) is 22.1 Å². The number of nitrogens with one attached hydrogen (secondary N) is 1. The van der Waals surface area contributed by atoms with Crippen molar-refractivity contribution in [3.63, 3.8) is 0 Å². The highest BCUT2D eigenvalue weighted by Crippen LogP contribution is 2.20. The lowest BCUT2D eigenvalue weighted by molar-refractivity contribution is -0.116. The van der Waals surface area contributed by atoms with E-state index in [2.05, 4.69) is 15.4 Å². The van der Waals surface area contributed by atoms with E-state index in [9.17, 15) is 9.59 Å². The number of aryl methyl sites for hydroxylation is 2. The Labute approximate surface area is 167 Å². The van der Waals surface area contributed by atoms with Crippen molar-refractivity contribution in [1.82, 2.24) is 14.8 Å². The number of anilines is 1. The molecule has 2 heterocycles. The topological polar surface area (TPSA) is 86.1 Å². The van der Waals surface area contributed by atoms with Gasteiger partial charge < -0.3 is 10.1 Å². The fourth-order valence-corrected chi connectivity index (χ4v) is 3.34. The summed E-state index contributed by atoms with van der Waals surface area (Å²) in [6, 6.07) is 10.8. The van der Waals surface area contributed by atoms with Crippen LogP contribution < -0.4 is 15.6 Å². The Balaban J connectivity index is 1.60. The molecule has 146 valence electrons. The zero-order chi connectivity index (χ0) is 19.9. The largest absolute Gasteiger partial charge is 0.494 e. The van der Waals surface area contributed by atoms with Crippen LogP contribution in [0.1, 0.15) is 25.5 Å². The van der Waals surface area contributed by atoms with Crippen molar-refractivity contribution in [2.24, 2.45) is 0 Å². The van der Waals surface area contributed by atoms with Gasteiger partial charge in [0, 0.05) is 30.0 Å². The fourth-order valence-electron chi connectivity index (χ4n) is 2.63. The number of nitrogens with zero attached hydrogens (tertiary/aromatic N) is 3. The van der Waals surface area contributed by atoms with Gasteiger partial charge in [0.15, 0.2) is 5.13 Å². The number of carbonyl (C=O) groups is 1. The summed E-state index contributed by atoms with van der Waals surface area (Å²) in [7, 11) is 0. The quantitative estimate of drug-likeness (QED) is 0.628. The number of aromatic nitrogens is 3. The minimum Gasteiger partial charge on any atom is -0.494 e. The third-order valence-electron chi connectivity index (χ3n) is 3.97. The van der Waals surface area contributed by atoms with Gasteiger partial charge in [-0.25, -0.2) is 9.67 Å². The molecular weight excluding hydrogens is 376 g/mol. The first-order valence-electron chi connectivity index (χ1n) is 9.08. The molecule has 0 fully saturated rings. The lowest BCUT2D eigenvalue weighted by Crippen LogP contribution is -2.23. The molecule has 0 bridgehead atoms. The predicted molar refractivity (Wildman–Crippen MR) is 110 cm³/mol. The highest BCUT2D eigenvalue weighted by atomic mass is 32.1. The lowest BCUT2D eigenvalue weighted by Gasteiger charge is -2.08. The Bertz CT molecular complexity index is 995. The minimum atomic E-state index is -0.189. The lowest BCUT2D eigenvalue weighted by atomic mass is 10.1. The summed E-state index contributed by atoms with van der Waals surface area (Å²) in [6.07, 6.45) is 0.801. The highest BCUT2D eigenvalue weighted by molar-refractivity contribution is 7.13. The molecule has 3 rings (SSSR count). The second-order valence-electron chi connectivity index (χ2n) is 6.18. The van der Waals surface area contributed by atoms with E-state index in [-0.39, 0.29) is 11.5 Å². The van der Waals surface area contributed by atoms with Crippen LogP contribution in [-0.2, 0) is 11.3 Å².